The topological polar surface area (TPSA) is 115 Å². The lowest BCUT2D eigenvalue weighted by Gasteiger charge is -2.56. The van der Waals surface area contributed by atoms with Crippen molar-refractivity contribution in [2.75, 3.05) is 26.2 Å². The second-order valence-corrected chi connectivity index (χ2v) is 17.1. The number of fused-ring (bicyclic) bond motifs is 8. The maximum absolute atomic E-state index is 12.9. The molecule has 4 aromatic rings. The molecule has 2 aromatic heterocycles. The Balaban J connectivity index is 0.000000159. The van der Waals surface area contributed by atoms with Gasteiger partial charge in [0.05, 0.1) is 23.1 Å². The zero-order chi connectivity index (χ0) is 35.1. The lowest BCUT2D eigenvalue weighted by Crippen LogP contribution is -2.67. The van der Waals surface area contributed by atoms with Gasteiger partial charge in [-0.2, -0.15) is 5.26 Å². The molecule has 3 N–H and O–H groups in total. The lowest BCUT2D eigenvalue weighted by atomic mass is 9.65. The second-order valence-electron chi connectivity index (χ2n) is 14.9. The number of nitrogens with zero attached hydrogens (tertiary/aromatic N) is 4. The van der Waals surface area contributed by atoms with Crippen molar-refractivity contribution in [2.24, 2.45) is 23.5 Å². The molecule has 0 radical (unpaired) electrons. The summed E-state index contributed by atoms with van der Waals surface area (Å²) in [6.45, 7) is 20.9. The summed E-state index contributed by atoms with van der Waals surface area (Å²) in [5, 5.41) is 19.7. The summed E-state index contributed by atoms with van der Waals surface area (Å²) in [6, 6.07) is 17.0. The predicted molar refractivity (Wildman–Crippen MR) is 206 cm³/mol. The van der Waals surface area contributed by atoms with Gasteiger partial charge < -0.3 is 10.8 Å². The van der Waals surface area contributed by atoms with E-state index in [0.29, 0.717) is 40.4 Å². The van der Waals surface area contributed by atoms with Crippen molar-refractivity contribution in [2.45, 2.75) is 76.9 Å². The Morgan fingerprint density at radius 2 is 1.42 bits per heavy atom. The molecule has 11 heteroatoms. The van der Waals surface area contributed by atoms with Crippen LogP contribution in [0.25, 0.3) is 25.0 Å². The number of benzene rings is 2. The van der Waals surface area contributed by atoms with Crippen LogP contribution in [0, 0.1) is 35.7 Å². The molecule has 6 fully saturated rings. The number of nitrogens with two attached hydrogens (primary N) is 1. The molecule has 0 saturated carbocycles. The van der Waals surface area contributed by atoms with E-state index in [2.05, 4.69) is 48.4 Å². The number of hydrogen-bond donors (Lipinski definition) is 2. The fourth-order valence-corrected chi connectivity index (χ4v) is 10.4. The molecular weight excluding hydrogens is 686 g/mol. The van der Waals surface area contributed by atoms with Gasteiger partial charge in [-0.3, -0.25) is 14.6 Å². The summed E-state index contributed by atoms with van der Waals surface area (Å²) in [4.78, 5) is 33.1. The largest absolute Gasteiger partial charge is 0.477 e. The molecule has 4 bridgehead atoms. The first kappa shape index (κ1) is 37.9. The zero-order valence-corrected chi connectivity index (χ0v) is 31.6. The molecule has 0 aliphatic carbocycles. The molecule has 8 nitrogen and oxygen atoms in total. The number of piperidine rings is 6. The van der Waals surface area contributed by atoms with Gasteiger partial charge in [-0.15, -0.1) is 35.1 Å². The summed E-state index contributed by atoms with van der Waals surface area (Å²) in [6.07, 6.45) is 5.76. The number of nitriles is 1. The average molecular weight is 732 g/mol. The molecule has 0 spiro atoms. The van der Waals surface area contributed by atoms with Crippen LogP contribution in [-0.4, -0.2) is 70.0 Å². The van der Waals surface area contributed by atoms with Crippen LogP contribution in [0.2, 0.25) is 0 Å². The number of aromatic carboxylic acids is 1. The van der Waals surface area contributed by atoms with E-state index in [4.69, 9.17) is 22.7 Å². The predicted octanol–water partition coefficient (Wildman–Crippen LogP) is 8.86. The number of carboxylic acid groups (broad SMARTS) is 1. The standard InChI is InChI=1S/C20H22N2OS.C10H5NO2S.C9H18N2.ClH/c1-20(2)16(14-5-7-22(20)8-6-14)11-17(23)19-10-15-4-3-13(12-21)9-18(15)24-19;1-11-7-3-2-6-4-9(10(12)13)14-8(6)5-7;1-9(2)8(10)7-3-5-11(9)6-4-7;/h3-4,9-10,14,16H,5-8,11H2,1-2H3;2-5H,(H,12,13);7-8H,3-6,10H2,1-2H3;1H/t16-;;8-;/m1.1./s1. The smallest absolute Gasteiger partial charge is 0.345 e. The van der Waals surface area contributed by atoms with Gasteiger partial charge in [0, 0.05) is 32.9 Å². The van der Waals surface area contributed by atoms with Crippen LogP contribution in [0.15, 0.2) is 48.5 Å². The summed E-state index contributed by atoms with van der Waals surface area (Å²) in [7, 11) is 0. The van der Waals surface area contributed by atoms with Crippen LogP contribution in [-0.2, 0) is 0 Å². The Morgan fingerprint density at radius 1 is 0.880 bits per heavy atom. The summed E-state index contributed by atoms with van der Waals surface area (Å²) in [5.74, 6) is 1.29. The first-order chi connectivity index (χ1) is 23.3. The van der Waals surface area contributed by atoms with Gasteiger partial charge in [-0.05, 0) is 138 Å². The highest BCUT2D eigenvalue weighted by Gasteiger charge is 2.48. The number of Topliss-reactive ketones (excluding diaryl/α,β-unsaturated/α-hetero) is 1. The van der Waals surface area contributed by atoms with Crippen molar-refractivity contribution in [1.29, 1.82) is 5.26 Å². The Labute approximate surface area is 309 Å². The Kier molecular flexibility index (Phi) is 11.4. The van der Waals surface area contributed by atoms with Crippen LogP contribution in [0.4, 0.5) is 5.69 Å². The number of carbonyl (C=O) groups is 2. The van der Waals surface area contributed by atoms with Crippen molar-refractivity contribution in [3.8, 4) is 6.07 Å². The van der Waals surface area contributed by atoms with Crippen molar-refractivity contribution >= 4 is 72.7 Å². The number of halogens is 1. The van der Waals surface area contributed by atoms with E-state index in [-0.39, 0.29) is 29.3 Å². The molecule has 8 heterocycles. The second kappa shape index (κ2) is 15.1. The van der Waals surface area contributed by atoms with Crippen LogP contribution < -0.4 is 5.73 Å². The quantitative estimate of drug-likeness (QED) is 0.159. The lowest BCUT2D eigenvalue weighted by molar-refractivity contribution is -0.0643. The Bertz CT molecular complexity index is 1950. The maximum Gasteiger partial charge on any atom is 0.345 e. The van der Waals surface area contributed by atoms with Gasteiger partial charge in [-0.1, -0.05) is 18.2 Å². The van der Waals surface area contributed by atoms with E-state index in [9.17, 15) is 9.59 Å². The molecule has 2 atom stereocenters. The molecule has 2 aromatic carbocycles. The summed E-state index contributed by atoms with van der Waals surface area (Å²) >= 11 is 2.72. The molecule has 6 aliphatic rings. The van der Waals surface area contributed by atoms with E-state index in [1.165, 1.54) is 74.5 Å². The van der Waals surface area contributed by atoms with E-state index < -0.39 is 5.97 Å². The molecule has 50 heavy (non-hydrogen) atoms. The first-order valence-electron chi connectivity index (χ1n) is 17.2. The van der Waals surface area contributed by atoms with Gasteiger partial charge in [0.2, 0.25) is 0 Å². The third-order valence-electron chi connectivity index (χ3n) is 11.7. The normalized spacial score (nSPS) is 26.7. The number of ketones is 1. The number of carbonyl (C=O) groups excluding carboxylic acids is 1. The minimum absolute atomic E-state index is 0. The third-order valence-corrected chi connectivity index (χ3v) is 13.9. The molecular formula is C39H46ClN5O3S2. The van der Waals surface area contributed by atoms with E-state index in [1.807, 2.05) is 24.3 Å². The highest BCUT2D eigenvalue weighted by atomic mass is 35.5. The molecule has 10 rings (SSSR count). The van der Waals surface area contributed by atoms with Crippen LogP contribution >= 0.6 is 35.1 Å². The molecule has 264 valence electrons. The van der Waals surface area contributed by atoms with Gasteiger partial charge in [-0.25, -0.2) is 9.64 Å². The fraction of sp³-hybridized carbons (Fsp3) is 0.487. The van der Waals surface area contributed by atoms with Crippen molar-refractivity contribution in [1.82, 2.24) is 9.80 Å². The van der Waals surface area contributed by atoms with Gasteiger partial charge in [0.15, 0.2) is 11.5 Å². The van der Waals surface area contributed by atoms with Gasteiger partial charge in [0.25, 0.3) is 0 Å². The molecule has 0 unspecified atom stereocenters. The Morgan fingerprint density at radius 3 is 1.94 bits per heavy atom. The van der Waals surface area contributed by atoms with Gasteiger partial charge >= 0.3 is 5.97 Å². The zero-order valence-electron chi connectivity index (χ0n) is 29.1. The number of carboxylic acids is 1. The fourth-order valence-electron chi connectivity index (χ4n) is 8.46. The van der Waals surface area contributed by atoms with Crippen molar-refractivity contribution in [3.63, 3.8) is 0 Å². The highest BCUT2D eigenvalue weighted by molar-refractivity contribution is 7.21. The SMILES string of the molecule is CC1(C)[C@H](CC(=O)c2cc3ccc(C#N)cc3s2)C2CCN1CC2.CC1(C)[C@H](N)C2CCN1CC2.Cl.[C-]#[N+]c1ccc2cc(C(=O)O)sc2c1. The number of hydrogen-bond acceptors (Lipinski definition) is 8. The van der Waals surface area contributed by atoms with E-state index >= 15 is 0 Å². The molecule has 0 amide bonds. The number of thiophene rings is 2. The average Bonchev–Trinajstić information content (AvgIpc) is 3.74. The minimum atomic E-state index is -0.921. The third kappa shape index (κ3) is 7.48. The Hall–Kier alpha value is -3.35. The summed E-state index contributed by atoms with van der Waals surface area (Å²) < 4.78 is 1.88. The van der Waals surface area contributed by atoms with E-state index in [1.54, 1.807) is 24.3 Å². The first-order valence-corrected chi connectivity index (χ1v) is 18.8. The van der Waals surface area contributed by atoms with Crippen LogP contribution in [0.1, 0.15) is 84.7 Å². The molecule has 6 aliphatic heterocycles. The summed E-state index contributed by atoms with van der Waals surface area (Å²) in [5.41, 5.74) is 7.74. The van der Waals surface area contributed by atoms with Crippen molar-refractivity contribution in [3.05, 3.63) is 75.3 Å². The van der Waals surface area contributed by atoms with Crippen LogP contribution in [0.3, 0.4) is 0 Å². The number of rotatable bonds is 4. The van der Waals surface area contributed by atoms with Crippen LogP contribution in [0.5, 0.6) is 0 Å². The highest BCUT2D eigenvalue weighted by Crippen LogP contribution is 2.46. The van der Waals surface area contributed by atoms with E-state index in [0.717, 1.165) is 31.0 Å². The maximum atomic E-state index is 12.9. The van der Waals surface area contributed by atoms with Gasteiger partial charge in [0.1, 0.15) is 4.88 Å². The van der Waals surface area contributed by atoms with Crippen molar-refractivity contribution < 1.29 is 14.7 Å². The minimum Gasteiger partial charge on any atom is -0.477 e. The molecule has 6 saturated heterocycles. The monoisotopic (exact) mass is 731 g/mol.